The van der Waals surface area contributed by atoms with Crippen LogP contribution in [-0.4, -0.2) is 13.7 Å². The van der Waals surface area contributed by atoms with Gasteiger partial charge in [-0.15, -0.1) is 0 Å². The quantitative estimate of drug-likeness (QED) is 0.380. The van der Waals surface area contributed by atoms with E-state index >= 15 is 0 Å². The van der Waals surface area contributed by atoms with Gasteiger partial charge in [-0.2, -0.15) is 6.42 Å². The molecule has 40 valence electrons. The number of ether oxygens (including phenoxy) is 1. The van der Waals surface area contributed by atoms with Crippen molar-refractivity contribution in [3.05, 3.63) is 6.92 Å². The fraction of sp³-hybridized carbons (Fsp3) is 0.750. The van der Waals surface area contributed by atoms with Crippen LogP contribution in [-0.2, 0) is 24.2 Å². The molecule has 0 aromatic rings. The van der Waals surface area contributed by atoms with Crippen molar-refractivity contribution in [1.82, 2.24) is 0 Å². The van der Waals surface area contributed by atoms with Gasteiger partial charge in [-0.1, -0.05) is 0 Å². The topological polar surface area (TPSA) is 9.23 Å². The molecule has 0 spiro atoms. The van der Waals surface area contributed by atoms with Crippen LogP contribution >= 0.6 is 0 Å². The molecule has 0 aliphatic heterocycles. The third kappa shape index (κ3) is 19.3. The summed E-state index contributed by atoms with van der Waals surface area (Å²) in [5.41, 5.74) is 0. The first-order valence-corrected chi connectivity index (χ1v) is 1.70. The van der Waals surface area contributed by atoms with Gasteiger partial charge in [-0.3, -0.25) is 0 Å². The smallest absolute Gasteiger partial charge is 1.00 e. The SMILES string of the molecule is [Br-].[CH2-]CCOC.[Zn+2]. The second kappa shape index (κ2) is 15.7. The summed E-state index contributed by atoms with van der Waals surface area (Å²) in [5.74, 6) is 0. The molecule has 0 aromatic heterocycles. The molecule has 0 rings (SSSR count). The first-order valence-electron chi connectivity index (χ1n) is 1.70. The summed E-state index contributed by atoms with van der Waals surface area (Å²) >= 11 is 0. The van der Waals surface area contributed by atoms with Gasteiger partial charge in [0.15, 0.2) is 0 Å². The summed E-state index contributed by atoms with van der Waals surface area (Å²) in [6.07, 6.45) is 0.872. The van der Waals surface area contributed by atoms with Crippen LogP contribution in [0.3, 0.4) is 0 Å². The Morgan fingerprint density at radius 3 is 2.00 bits per heavy atom. The number of hydrogen-bond acceptors (Lipinski definition) is 1. The van der Waals surface area contributed by atoms with E-state index in [9.17, 15) is 0 Å². The summed E-state index contributed by atoms with van der Waals surface area (Å²) < 4.78 is 4.63. The predicted octanol–water partition coefficient (Wildman–Crippen LogP) is -2.14. The van der Waals surface area contributed by atoms with Gasteiger partial charge >= 0.3 is 19.5 Å². The monoisotopic (exact) mass is 216 g/mol. The van der Waals surface area contributed by atoms with Gasteiger partial charge < -0.3 is 28.6 Å². The van der Waals surface area contributed by atoms with Crippen molar-refractivity contribution in [2.24, 2.45) is 0 Å². The van der Waals surface area contributed by atoms with Gasteiger partial charge in [0.1, 0.15) is 0 Å². The molecule has 0 atom stereocenters. The van der Waals surface area contributed by atoms with Gasteiger partial charge in [0, 0.05) is 13.7 Å². The maximum Gasteiger partial charge on any atom is 2.00 e. The van der Waals surface area contributed by atoms with Gasteiger partial charge in [0.05, 0.1) is 0 Å². The van der Waals surface area contributed by atoms with Gasteiger partial charge in [0.25, 0.3) is 0 Å². The molecular formula is C4H9BrOZn. The molecule has 3 heteroatoms. The zero-order valence-electron chi connectivity index (χ0n) is 4.61. The third-order valence-corrected chi connectivity index (χ3v) is 0.348. The Kier molecular flexibility index (Phi) is 35.3. The summed E-state index contributed by atoms with van der Waals surface area (Å²) in [6, 6.07) is 0. The maximum atomic E-state index is 4.63. The van der Waals surface area contributed by atoms with Crippen LogP contribution in [0.2, 0.25) is 0 Å². The number of rotatable bonds is 2. The van der Waals surface area contributed by atoms with Crippen LogP contribution in [0.5, 0.6) is 0 Å². The Bertz CT molecular complexity index is 19.2. The summed E-state index contributed by atoms with van der Waals surface area (Å²) in [4.78, 5) is 0. The fourth-order valence-corrected chi connectivity index (χ4v) is 0.144. The minimum atomic E-state index is 0. The Morgan fingerprint density at radius 2 is 2.00 bits per heavy atom. The van der Waals surface area contributed by atoms with E-state index in [0.717, 1.165) is 13.0 Å². The van der Waals surface area contributed by atoms with E-state index < -0.39 is 0 Å². The maximum absolute atomic E-state index is 4.63. The van der Waals surface area contributed by atoms with E-state index in [1.165, 1.54) is 0 Å². The molecule has 0 amide bonds. The van der Waals surface area contributed by atoms with E-state index in [4.69, 9.17) is 0 Å². The molecule has 0 fully saturated rings. The molecule has 0 radical (unpaired) electrons. The molecule has 0 bridgehead atoms. The first-order chi connectivity index (χ1) is 2.41. The molecule has 7 heavy (non-hydrogen) atoms. The van der Waals surface area contributed by atoms with Crippen molar-refractivity contribution in [2.45, 2.75) is 6.42 Å². The predicted molar refractivity (Wildman–Crippen MR) is 21.8 cm³/mol. The Labute approximate surface area is 68.3 Å². The Balaban J connectivity index is -0.0000000800. The number of methoxy groups -OCH3 is 1. The zero-order chi connectivity index (χ0) is 4.12. The van der Waals surface area contributed by atoms with Gasteiger partial charge in [-0.25, -0.2) is 0 Å². The minimum Gasteiger partial charge on any atom is -1.00 e. The van der Waals surface area contributed by atoms with E-state index in [1.54, 1.807) is 7.11 Å². The molecular weight excluding hydrogens is 209 g/mol. The van der Waals surface area contributed by atoms with Crippen molar-refractivity contribution in [3.8, 4) is 0 Å². The van der Waals surface area contributed by atoms with Crippen molar-refractivity contribution in [3.63, 3.8) is 0 Å². The molecule has 0 saturated carbocycles. The van der Waals surface area contributed by atoms with Gasteiger partial charge in [0.2, 0.25) is 0 Å². The molecule has 0 heterocycles. The van der Waals surface area contributed by atoms with E-state index in [0.29, 0.717) is 0 Å². The van der Waals surface area contributed by atoms with E-state index in [1.807, 2.05) is 0 Å². The standard InChI is InChI=1S/C4H9O.BrH.Zn/c1-3-4-5-2;;/h1,3-4H2,2H3;1H;/q-1;;+2/p-1. The van der Waals surface area contributed by atoms with E-state index in [2.05, 4.69) is 11.7 Å². The van der Waals surface area contributed by atoms with Crippen LogP contribution in [0, 0.1) is 6.92 Å². The Hall–Kier alpha value is 1.06. The first kappa shape index (κ1) is 15.7. The zero-order valence-corrected chi connectivity index (χ0v) is 9.17. The van der Waals surface area contributed by atoms with Crippen LogP contribution in [0.25, 0.3) is 0 Å². The second-order valence-electron chi connectivity index (χ2n) is 0.846. The second-order valence-corrected chi connectivity index (χ2v) is 0.846. The van der Waals surface area contributed by atoms with Crippen molar-refractivity contribution >= 4 is 0 Å². The van der Waals surface area contributed by atoms with Crippen molar-refractivity contribution in [1.29, 1.82) is 0 Å². The molecule has 1 nitrogen and oxygen atoms in total. The third-order valence-electron chi connectivity index (χ3n) is 0.348. The summed E-state index contributed by atoms with van der Waals surface area (Å²) in [6.45, 7) is 4.33. The van der Waals surface area contributed by atoms with Gasteiger partial charge in [-0.05, 0) is 0 Å². The fourth-order valence-electron chi connectivity index (χ4n) is 0.144. The molecule has 0 aliphatic carbocycles. The van der Waals surface area contributed by atoms with E-state index in [-0.39, 0.29) is 36.5 Å². The summed E-state index contributed by atoms with van der Waals surface area (Å²) in [5, 5.41) is 0. The Morgan fingerprint density at radius 1 is 1.57 bits per heavy atom. The minimum absolute atomic E-state index is 0. The molecule has 0 unspecified atom stereocenters. The number of halogens is 1. The van der Waals surface area contributed by atoms with Crippen LogP contribution in [0.15, 0.2) is 0 Å². The molecule has 0 saturated heterocycles. The normalized spacial score (nSPS) is 6.00. The average molecular weight is 218 g/mol. The van der Waals surface area contributed by atoms with Crippen molar-refractivity contribution in [2.75, 3.05) is 13.7 Å². The van der Waals surface area contributed by atoms with Crippen LogP contribution in [0.4, 0.5) is 0 Å². The number of hydrogen-bond donors (Lipinski definition) is 0. The largest absolute Gasteiger partial charge is 2.00 e. The average Bonchev–Trinajstić information content (AvgIpc) is 1.41. The molecule has 0 aromatic carbocycles. The van der Waals surface area contributed by atoms with Crippen molar-refractivity contribution < 1.29 is 41.2 Å². The molecule has 0 N–H and O–H groups in total. The van der Waals surface area contributed by atoms with Crippen LogP contribution in [0.1, 0.15) is 6.42 Å². The summed E-state index contributed by atoms with van der Waals surface area (Å²) in [7, 11) is 1.67. The molecule has 0 aliphatic rings. The van der Waals surface area contributed by atoms with Crippen LogP contribution < -0.4 is 17.0 Å².